The number of ether oxygens (including phenoxy) is 1. The Morgan fingerprint density at radius 2 is 1.79 bits per heavy atom. The lowest BCUT2D eigenvalue weighted by Gasteiger charge is -2.39. The molecule has 0 aliphatic carbocycles. The fourth-order valence-electron chi connectivity index (χ4n) is 1.75. The number of rotatable bonds is 3. The summed E-state index contributed by atoms with van der Waals surface area (Å²) in [6.07, 6.45) is -5.62. The van der Waals surface area contributed by atoms with E-state index in [9.17, 15) is 22.0 Å². The minimum absolute atomic E-state index is 0.00502. The fourth-order valence-corrected chi connectivity index (χ4v) is 1.75. The van der Waals surface area contributed by atoms with Crippen LogP contribution < -0.4 is 10.1 Å². The first-order valence-electron chi connectivity index (χ1n) is 5.59. The molecule has 1 fully saturated rings. The van der Waals surface area contributed by atoms with Gasteiger partial charge >= 0.3 is 12.1 Å². The number of benzene rings is 1. The molecule has 106 valence electrons. The predicted molar refractivity (Wildman–Crippen MR) is 58.3 cm³/mol. The zero-order valence-electron chi connectivity index (χ0n) is 10.0. The van der Waals surface area contributed by atoms with Crippen LogP contribution in [0.2, 0.25) is 0 Å². The molecule has 0 saturated carbocycles. The van der Waals surface area contributed by atoms with E-state index in [0.29, 0.717) is 13.1 Å². The highest BCUT2D eigenvalue weighted by Gasteiger charge is 2.58. The Bertz CT molecular complexity index is 467. The van der Waals surface area contributed by atoms with E-state index >= 15 is 0 Å². The van der Waals surface area contributed by atoms with Gasteiger partial charge in [0.2, 0.25) is 0 Å². The Kier molecular flexibility index (Phi) is 3.20. The molecule has 19 heavy (non-hydrogen) atoms. The highest BCUT2D eigenvalue weighted by Crippen LogP contribution is 2.44. The third-order valence-corrected chi connectivity index (χ3v) is 2.91. The number of hydrogen-bond donors (Lipinski definition) is 1. The molecule has 1 aromatic rings. The van der Waals surface area contributed by atoms with Gasteiger partial charge in [0.15, 0.2) is 0 Å². The largest absolute Gasteiger partial charge is 0.485 e. The van der Waals surface area contributed by atoms with Crippen LogP contribution >= 0.6 is 0 Å². The minimum atomic E-state index is -5.62. The monoisotopic (exact) mass is 281 g/mol. The molecule has 1 N–H and O–H groups in total. The minimum Gasteiger partial charge on any atom is -0.485 e. The van der Waals surface area contributed by atoms with Crippen molar-refractivity contribution in [1.82, 2.24) is 5.32 Å². The zero-order valence-corrected chi connectivity index (χ0v) is 10.0. The normalized spacial score (nSPS) is 18.8. The van der Waals surface area contributed by atoms with Crippen LogP contribution in [-0.2, 0) is 5.92 Å². The zero-order chi connectivity index (χ0) is 14.3. The van der Waals surface area contributed by atoms with Crippen molar-refractivity contribution in [2.45, 2.75) is 24.6 Å². The summed E-state index contributed by atoms with van der Waals surface area (Å²) >= 11 is 0. The second-order valence-corrected chi connectivity index (χ2v) is 4.76. The van der Waals surface area contributed by atoms with Crippen LogP contribution in [0.4, 0.5) is 22.0 Å². The smallest absolute Gasteiger partial charge is 0.458 e. The molecule has 2 rings (SSSR count). The molecule has 7 heteroatoms. The van der Waals surface area contributed by atoms with E-state index in [1.165, 1.54) is 6.07 Å². The summed E-state index contributed by atoms with van der Waals surface area (Å²) in [4.78, 5) is 0. The molecule has 0 bridgehead atoms. The van der Waals surface area contributed by atoms with E-state index in [0.717, 1.165) is 18.2 Å². The lowest BCUT2D eigenvalue weighted by atomic mass is 10.00. The van der Waals surface area contributed by atoms with E-state index < -0.39 is 23.3 Å². The molecular weight excluding hydrogens is 269 g/mol. The van der Waals surface area contributed by atoms with Crippen molar-refractivity contribution >= 4 is 0 Å². The molecule has 1 heterocycles. The SMILES string of the molecule is CC1(Oc2cccc(C(F)(F)C(F)(F)F)c2)CNC1. The average molecular weight is 281 g/mol. The van der Waals surface area contributed by atoms with E-state index in [2.05, 4.69) is 5.32 Å². The summed E-state index contributed by atoms with van der Waals surface area (Å²) in [7, 11) is 0. The van der Waals surface area contributed by atoms with Crippen molar-refractivity contribution in [3.05, 3.63) is 29.8 Å². The molecule has 0 unspecified atom stereocenters. The van der Waals surface area contributed by atoms with Crippen molar-refractivity contribution < 1.29 is 26.7 Å². The third-order valence-electron chi connectivity index (χ3n) is 2.91. The van der Waals surface area contributed by atoms with Gasteiger partial charge in [0.05, 0.1) is 0 Å². The number of nitrogens with one attached hydrogen (secondary N) is 1. The molecule has 1 saturated heterocycles. The van der Waals surface area contributed by atoms with Gasteiger partial charge in [-0.15, -0.1) is 0 Å². The van der Waals surface area contributed by atoms with Gasteiger partial charge in [-0.05, 0) is 19.1 Å². The van der Waals surface area contributed by atoms with Gasteiger partial charge in [0.1, 0.15) is 11.4 Å². The molecule has 2 nitrogen and oxygen atoms in total. The van der Waals surface area contributed by atoms with Crippen LogP contribution in [0.15, 0.2) is 24.3 Å². The van der Waals surface area contributed by atoms with Crippen LogP contribution in [0, 0.1) is 0 Å². The van der Waals surface area contributed by atoms with Gasteiger partial charge in [-0.25, -0.2) is 0 Å². The summed E-state index contributed by atoms with van der Waals surface area (Å²) in [5.41, 5.74) is -1.68. The van der Waals surface area contributed by atoms with Crippen LogP contribution in [0.1, 0.15) is 12.5 Å². The molecule has 0 spiro atoms. The molecule has 0 atom stereocenters. The molecule has 1 aliphatic heterocycles. The van der Waals surface area contributed by atoms with Crippen molar-refractivity contribution in [2.75, 3.05) is 13.1 Å². The summed E-state index contributed by atoms with van der Waals surface area (Å²) in [5.74, 6) is -4.88. The summed E-state index contributed by atoms with van der Waals surface area (Å²) in [6, 6.07) is 3.96. The molecule has 0 amide bonds. The first-order chi connectivity index (χ1) is 8.64. The van der Waals surface area contributed by atoms with E-state index in [-0.39, 0.29) is 5.75 Å². The first-order valence-corrected chi connectivity index (χ1v) is 5.59. The van der Waals surface area contributed by atoms with Crippen LogP contribution in [0.25, 0.3) is 0 Å². The first kappa shape index (κ1) is 14.0. The van der Waals surface area contributed by atoms with Crippen molar-refractivity contribution in [2.24, 2.45) is 0 Å². The second-order valence-electron chi connectivity index (χ2n) is 4.76. The van der Waals surface area contributed by atoms with Crippen LogP contribution in [0.3, 0.4) is 0 Å². The Balaban J connectivity index is 2.24. The van der Waals surface area contributed by atoms with Gasteiger partial charge < -0.3 is 10.1 Å². The maximum absolute atomic E-state index is 13.2. The lowest BCUT2D eigenvalue weighted by molar-refractivity contribution is -0.289. The number of halogens is 5. The van der Waals surface area contributed by atoms with E-state index in [1.54, 1.807) is 6.92 Å². The summed E-state index contributed by atoms with van der Waals surface area (Å²) in [5, 5.41) is 2.94. The van der Waals surface area contributed by atoms with Gasteiger partial charge in [-0.2, -0.15) is 22.0 Å². The van der Waals surface area contributed by atoms with Gasteiger partial charge in [-0.3, -0.25) is 0 Å². The van der Waals surface area contributed by atoms with Crippen molar-refractivity contribution in [3.8, 4) is 5.75 Å². The van der Waals surface area contributed by atoms with Crippen LogP contribution in [0.5, 0.6) is 5.75 Å². The van der Waals surface area contributed by atoms with Crippen molar-refractivity contribution in [1.29, 1.82) is 0 Å². The standard InChI is InChI=1S/C12H12F5NO/c1-10(6-18-7-10)19-9-4-2-3-8(5-9)11(13,14)12(15,16)17/h2-5,18H,6-7H2,1H3. The van der Waals surface area contributed by atoms with Gasteiger partial charge in [0.25, 0.3) is 0 Å². The quantitative estimate of drug-likeness (QED) is 0.860. The van der Waals surface area contributed by atoms with Crippen LogP contribution in [-0.4, -0.2) is 24.9 Å². The second kappa shape index (κ2) is 4.33. The molecular formula is C12H12F5NO. The molecule has 1 aromatic carbocycles. The maximum atomic E-state index is 13.2. The number of alkyl halides is 5. The lowest BCUT2D eigenvalue weighted by Crippen LogP contribution is -2.61. The molecule has 0 aromatic heterocycles. The maximum Gasteiger partial charge on any atom is 0.458 e. The van der Waals surface area contributed by atoms with Gasteiger partial charge in [-0.1, -0.05) is 12.1 Å². The summed E-state index contributed by atoms with van der Waals surface area (Å²) in [6.45, 7) is 2.79. The summed E-state index contributed by atoms with van der Waals surface area (Å²) < 4.78 is 68.6. The Morgan fingerprint density at radius 3 is 2.26 bits per heavy atom. The Labute approximate surface area is 106 Å². The average Bonchev–Trinajstić information content (AvgIpc) is 2.26. The topological polar surface area (TPSA) is 21.3 Å². The van der Waals surface area contributed by atoms with Crippen molar-refractivity contribution in [3.63, 3.8) is 0 Å². The predicted octanol–water partition coefficient (Wildman–Crippen LogP) is 3.08. The highest BCUT2D eigenvalue weighted by molar-refractivity contribution is 5.33. The third kappa shape index (κ3) is 2.65. The molecule has 1 aliphatic rings. The van der Waals surface area contributed by atoms with Gasteiger partial charge in [0, 0.05) is 18.7 Å². The Hall–Kier alpha value is -1.37. The highest BCUT2D eigenvalue weighted by atomic mass is 19.4. The number of hydrogen-bond acceptors (Lipinski definition) is 2. The molecule has 0 radical (unpaired) electrons. The fraction of sp³-hybridized carbons (Fsp3) is 0.500. The van der Waals surface area contributed by atoms with E-state index in [4.69, 9.17) is 4.74 Å². The van der Waals surface area contributed by atoms with E-state index in [1.807, 2.05) is 0 Å². The Morgan fingerprint density at radius 1 is 1.16 bits per heavy atom.